The van der Waals surface area contributed by atoms with Crippen LogP contribution >= 0.6 is 11.3 Å². The van der Waals surface area contributed by atoms with E-state index in [1.165, 1.54) is 21.7 Å². The van der Waals surface area contributed by atoms with Crippen molar-refractivity contribution in [1.29, 1.82) is 0 Å². The fourth-order valence-corrected chi connectivity index (χ4v) is 3.97. The van der Waals surface area contributed by atoms with Crippen LogP contribution < -0.4 is 4.80 Å². The molecule has 0 spiro atoms. The van der Waals surface area contributed by atoms with Crippen molar-refractivity contribution in [3.8, 4) is 21.7 Å². The molecule has 0 fully saturated rings. The summed E-state index contributed by atoms with van der Waals surface area (Å²) in [6.45, 7) is 8.31. The second-order valence-electron chi connectivity index (χ2n) is 6.41. The molecule has 25 heavy (non-hydrogen) atoms. The third kappa shape index (κ3) is 3.80. The van der Waals surface area contributed by atoms with Crippen LogP contribution in [0.25, 0.3) is 21.7 Å². The minimum Gasteiger partial charge on any atom is -0.312 e. The van der Waals surface area contributed by atoms with E-state index in [0.29, 0.717) is 0 Å². The summed E-state index contributed by atoms with van der Waals surface area (Å²) in [4.78, 5) is 2.15. The van der Waals surface area contributed by atoms with Crippen LogP contribution in [0.5, 0.6) is 0 Å². The zero-order chi connectivity index (χ0) is 17.8. The molecule has 2 aromatic carbocycles. The molecule has 0 saturated carbocycles. The van der Waals surface area contributed by atoms with Gasteiger partial charge < -0.3 is 4.57 Å². The fourth-order valence-electron chi connectivity index (χ4n) is 2.74. The summed E-state index contributed by atoms with van der Waals surface area (Å²) in [5.41, 5.74) is 4.56. The van der Waals surface area contributed by atoms with Crippen LogP contribution in [0.15, 0.2) is 70.9 Å². The lowest BCUT2D eigenvalue weighted by atomic mass is 10.1. The van der Waals surface area contributed by atoms with Gasteiger partial charge in [0.25, 0.3) is 0 Å². The lowest BCUT2D eigenvalue weighted by Crippen LogP contribution is -2.18. The summed E-state index contributed by atoms with van der Waals surface area (Å²) in [5, 5.41) is 8.84. The maximum absolute atomic E-state index is 4.53. The van der Waals surface area contributed by atoms with Gasteiger partial charge in [-0.2, -0.15) is 5.10 Å². The lowest BCUT2D eigenvalue weighted by Gasteiger charge is -2.14. The van der Waals surface area contributed by atoms with Gasteiger partial charge in [-0.1, -0.05) is 72.0 Å². The van der Waals surface area contributed by atoms with Gasteiger partial charge in [0.15, 0.2) is 0 Å². The third-order valence-corrected chi connectivity index (χ3v) is 4.88. The zero-order valence-corrected chi connectivity index (χ0v) is 15.9. The molecule has 0 aliphatic rings. The van der Waals surface area contributed by atoms with Crippen LogP contribution in [-0.4, -0.2) is 10.3 Å². The van der Waals surface area contributed by atoms with E-state index in [4.69, 9.17) is 0 Å². The first-order valence-corrected chi connectivity index (χ1v) is 9.30. The fraction of sp³-hybridized carbons (Fsp3) is 0.238. The molecule has 0 atom stereocenters. The van der Waals surface area contributed by atoms with E-state index in [1.54, 1.807) is 11.3 Å². The molecule has 0 bridgehead atoms. The van der Waals surface area contributed by atoms with Gasteiger partial charge in [0.05, 0.1) is 10.6 Å². The Labute approximate surface area is 153 Å². The highest BCUT2D eigenvalue weighted by atomic mass is 32.1. The maximum atomic E-state index is 4.53. The van der Waals surface area contributed by atoms with E-state index >= 15 is 0 Å². The van der Waals surface area contributed by atoms with E-state index in [-0.39, 0.29) is 6.04 Å². The molecule has 0 aliphatic heterocycles. The van der Waals surface area contributed by atoms with E-state index in [9.17, 15) is 0 Å². The highest BCUT2D eigenvalue weighted by molar-refractivity contribution is 7.13. The van der Waals surface area contributed by atoms with Crippen molar-refractivity contribution in [2.24, 2.45) is 10.2 Å². The first-order valence-electron chi connectivity index (χ1n) is 8.49. The Morgan fingerprint density at radius 1 is 0.880 bits per heavy atom. The summed E-state index contributed by atoms with van der Waals surface area (Å²) in [6.07, 6.45) is 0. The van der Waals surface area contributed by atoms with Crippen LogP contribution in [0.4, 0.5) is 0 Å². The first kappa shape index (κ1) is 17.4. The normalized spacial score (nSPS) is 11.8. The number of hydrogen-bond donors (Lipinski definition) is 0. The Hall–Kier alpha value is -2.46. The summed E-state index contributed by atoms with van der Waals surface area (Å²) >= 11 is 1.69. The van der Waals surface area contributed by atoms with Crippen molar-refractivity contribution in [2.75, 3.05) is 0 Å². The van der Waals surface area contributed by atoms with Crippen molar-refractivity contribution in [3.05, 3.63) is 65.5 Å². The Balaban J connectivity index is 2.37. The number of hydrogen-bond acceptors (Lipinski definition) is 3. The highest BCUT2D eigenvalue weighted by Gasteiger charge is 2.18. The summed E-state index contributed by atoms with van der Waals surface area (Å²) < 4.78 is 2.29. The van der Waals surface area contributed by atoms with Crippen LogP contribution in [0, 0.1) is 0 Å². The average Bonchev–Trinajstić information content (AvgIpc) is 3.01. The van der Waals surface area contributed by atoms with Gasteiger partial charge in [-0.25, -0.2) is 0 Å². The summed E-state index contributed by atoms with van der Waals surface area (Å²) in [7, 11) is 0. The molecule has 0 saturated heterocycles. The quantitative estimate of drug-likeness (QED) is 0.423. The third-order valence-electron chi connectivity index (χ3n) is 3.79. The molecular formula is C21H23N3S. The van der Waals surface area contributed by atoms with Crippen molar-refractivity contribution >= 4 is 17.0 Å². The minimum absolute atomic E-state index is 0.287. The number of thiazole rings is 1. The molecule has 128 valence electrons. The smallest absolute Gasteiger partial charge is 0.211 e. The molecular weight excluding hydrogens is 326 g/mol. The van der Waals surface area contributed by atoms with Gasteiger partial charge in [0.2, 0.25) is 4.80 Å². The molecule has 0 radical (unpaired) electrons. The molecule has 3 rings (SSSR count). The summed E-state index contributed by atoms with van der Waals surface area (Å²) in [5.74, 6) is 0. The summed E-state index contributed by atoms with van der Waals surface area (Å²) in [6, 6.07) is 21.3. The number of benzene rings is 2. The monoisotopic (exact) mass is 349 g/mol. The van der Waals surface area contributed by atoms with Gasteiger partial charge in [0.1, 0.15) is 0 Å². The predicted octanol–water partition coefficient (Wildman–Crippen LogP) is 5.76. The van der Waals surface area contributed by atoms with Crippen molar-refractivity contribution in [1.82, 2.24) is 4.57 Å². The highest BCUT2D eigenvalue weighted by Crippen LogP contribution is 2.36. The molecule has 0 aliphatic carbocycles. The molecule has 4 heteroatoms. The molecule has 3 aromatic rings. The average molecular weight is 350 g/mol. The molecule has 0 amide bonds. The maximum Gasteiger partial charge on any atom is 0.211 e. The molecule has 3 nitrogen and oxygen atoms in total. The van der Waals surface area contributed by atoms with E-state index in [2.05, 4.69) is 77.1 Å². The van der Waals surface area contributed by atoms with Gasteiger partial charge >= 0.3 is 0 Å². The predicted molar refractivity (Wildman–Crippen MR) is 108 cm³/mol. The minimum atomic E-state index is 0.287. The standard InChI is InChI=1S/C21H23N3S/c1-15(2)22-23-21-24(16(3)4)19(17-11-7-5-8-12-17)20(25-21)18-13-9-6-10-14-18/h5-14,16H,1-4H3/b23-21-. The number of nitrogens with zero attached hydrogens (tertiary/aromatic N) is 3. The van der Waals surface area contributed by atoms with Gasteiger partial charge in [0, 0.05) is 11.8 Å². The lowest BCUT2D eigenvalue weighted by molar-refractivity contribution is 0.588. The van der Waals surface area contributed by atoms with Gasteiger partial charge in [-0.15, -0.1) is 5.10 Å². The molecule has 1 aromatic heterocycles. The molecule has 1 heterocycles. The van der Waals surface area contributed by atoms with E-state index < -0.39 is 0 Å². The van der Waals surface area contributed by atoms with Crippen LogP contribution in [-0.2, 0) is 0 Å². The largest absolute Gasteiger partial charge is 0.312 e. The van der Waals surface area contributed by atoms with Gasteiger partial charge in [-0.3, -0.25) is 0 Å². The second-order valence-corrected chi connectivity index (χ2v) is 7.38. The Morgan fingerprint density at radius 2 is 1.44 bits per heavy atom. The van der Waals surface area contributed by atoms with E-state index in [0.717, 1.165) is 10.5 Å². The van der Waals surface area contributed by atoms with Crippen molar-refractivity contribution in [2.45, 2.75) is 33.7 Å². The second kappa shape index (κ2) is 7.62. The molecule has 0 N–H and O–H groups in total. The van der Waals surface area contributed by atoms with E-state index in [1.807, 2.05) is 26.0 Å². The van der Waals surface area contributed by atoms with Gasteiger partial charge in [-0.05, 0) is 38.8 Å². The van der Waals surface area contributed by atoms with Crippen LogP contribution in [0.1, 0.15) is 33.7 Å². The topological polar surface area (TPSA) is 29.6 Å². The Kier molecular flexibility index (Phi) is 5.29. The van der Waals surface area contributed by atoms with Crippen LogP contribution in [0.2, 0.25) is 0 Å². The SMILES string of the molecule is CC(C)=N/N=c1\sc(-c2ccccc2)c(-c2ccccc2)n1C(C)C. The Bertz CT molecular complexity index is 928. The van der Waals surface area contributed by atoms with Crippen molar-refractivity contribution < 1.29 is 0 Å². The zero-order valence-electron chi connectivity index (χ0n) is 15.1. The number of rotatable bonds is 4. The van der Waals surface area contributed by atoms with Crippen molar-refractivity contribution in [3.63, 3.8) is 0 Å². The first-order chi connectivity index (χ1) is 12.1. The number of aromatic nitrogens is 1. The Morgan fingerprint density at radius 3 is 1.96 bits per heavy atom. The van der Waals surface area contributed by atoms with Crippen LogP contribution in [0.3, 0.4) is 0 Å². The molecule has 0 unspecified atom stereocenters.